The van der Waals surface area contributed by atoms with Gasteiger partial charge < -0.3 is 30.6 Å². The summed E-state index contributed by atoms with van der Waals surface area (Å²) in [7, 11) is 6.87. The van der Waals surface area contributed by atoms with Crippen molar-refractivity contribution in [2.24, 2.45) is 0 Å². The summed E-state index contributed by atoms with van der Waals surface area (Å²) in [5.41, 5.74) is -0.226. The van der Waals surface area contributed by atoms with Gasteiger partial charge in [0, 0.05) is 52.0 Å². The number of nitrogens with zero attached hydrogens (tertiary/aromatic N) is 2. The lowest BCUT2D eigenvalue weighted by Gasteiger charge is -2.11. The van der Waals surface area contributed by atoms with Crippen LogP contribution in [0.1, 0.15) is 13.8 Å². The zero-order chi connectivity index (χ0) is 26.0. The van der Waals surface area contributed by atoms with Crippen LogP contribution in [-0.4, -0.2) is 71.6 Å². The molecule has 4 N–H and O–H groups in total. The molecule has 0 unspecified atom stereocenters. The Morgan fingerprint density at radius 2 is 0.971 bits per heavy atom. The van der Waals surface area contributed by atoms with Gasteiger partial charge >= 0.3 is 0 Å². The van der Waals surface area contributed by atoms with Crippen LogP contribution in [0, 0.1) is 0 Å². The summed E-state index contributed by atoms with van der Waals surface area (Å²) < 4.78 is 0. The fourth-order valence-electron chi connectivity index (χ4n) is 2.54. The molecule has 0 heterocycles. The number of hydrogen-bond donors (Lipinski definition) is 4. The van der Waals surface area contributed by atoms with Gasteiger partial charge in [0.05, 0.1) is 0 Å². The van der Waals surface area contributed by atoms with E-state index in [-0.39, 0.29) is 0 Å². The van der Waals surface area contributed by atoms with Crippen LogP contribution in [0.4, 0.5) is 11.4 Å². The van der Waals surface area contributed by atoms with Crippen LogP contribution in [0.2, 0.25) is 0 Å². The normalized spacial score (nSPS) is 12.6. The molecule has 0 aliphatic heterocycles. The van der Waals surface area contributed by atoms with Crippen molar-refractivity contribution in [1.29, 1.82) is 0 Å². The lowest BCUT2D eigenvalue weighted by molar-refractivity contribution is -0.120. The first-order valence-electron chi connectivity index (χ1n) is 10.1. The number of carbonyl (C=O) groups is 4. The maximum Gasteiger partial charge on any atom is 0.263 e. The highest BCUT2D eigenvalue weighted by Crippen LogP contribution is 2.17. The Balaban J connectivity index is 3.04. The van der Waals surface area contributed by atoms with Crippen LogP contribution in [0.25, 0.3) is 0 Å². The second-order valence-corrected chi connectivity index (χ2v) is 7.68. The van der Waals surface area contributed by atoms with Gasteiger partial charge in [-0.2, -0.15) is 0 Å². The molecule has 34 heavy (non-hydrogen) atoms. The maximum atomic E-state index is 12.5. The van der Waals surface area contributed by atoms with Crippen LogP contribution in [0.15, 0.2) is 71.5 Å². The molecule has 0 spiro atoms. The van der Waals surface area contributed by atoms with Gasteiger partial charge in [0.2, 0.25) is 0 Å². The number of benzene rings is 1. The first kappa shape index (κ1) is 27.7. The number of nitrogens with one attached hydrogen (secondary N) is 2. The molecule has 182 valence electrons. The molecule has 0 atom stereocenters. The van der Waals surface area contributed by atoms with Crippen molar-refractivity contribution < 1.29 is 29.4 Å². The topological polar surface area (TPSA) is 139 Å². The van der Waals surface area contributed by atoms with Crippen molar-refractivity contribution in [3.05, 3.63) is 71.5 Å². The van der Waals surface area contributed by atoms with Crippen LogP contribution >= 0.6 is 0 Å². The monoisotopic (exact) mass is 470 g/mol. The van der Waals surface area contributed by atoms with Gasteiger partial charge in [0.25, 0.3) is 11.8 Å². The van der Waals surface area contributed by atoms with Crippen LogP contribution in [0.5, 0.6) is 0 Å². The molecule has 1 aromatic carbocycles. The van der Waals surface area contributed by atoms with E-state index in [2.05, 4.69) is 10.6 Å². The van der Waals surface area contributed by atoms with Gasteiger partial charge in [-0.1, -0.05) is 0 Å². The molecular formula is C24H30N4O6. The zero-order valence-corrected chi connectivity index (χ0v) is 20.0. The molecule has 0 saturated carbocycles. The third kappa shape index (κ3) is 8.65. The summed E-state index contributed by atoms with van der Waals surface area (Å²) in [6.45, 7) is 2.33. The molecule has 0 aliphatic rings. The third-order valence-corrected chi connectivity index (χ3v) is 4.13. The predicted molar refractivity (Wildman–Crippen MR) is 130 cm³/mol. The van der Waals surface area contributed by atoms with Gasteiger partial charge in [-0.15, -0.1) is 0 Å². The number of anilines is 2. The van der Waals surface area contributed by atoms with E-state index in [0.29, 0.717) is 11.4 Å². The summed E-state index contributed by atoms with van der Waals surface area (Å²) in [6.07, 6.45) is 5.44. The van der Waals surface area contributed by atoms with Gasteiger partial charge in [-0.3, -0.25) is 19.2 Å². The molecule has 0 fully saturated rings. The summed E-state index contributed by atoms with van der Waals surface area (Å²) >= 11 is 0. The van der Waals surface area contributed by atoms with E-state index in [4.69, 9.17) is 0 Å². The van der Waals surface area contributed by atoms with E-state index in [0.717, 1.165) is 13.8 Å². The molecule has 0 aliphatic carbocycles. The van der Waals surface area contributed by atoms with Crippen molar-refractivity contribution in [1.82, 2.24) is 9.80 Å². The number of aliphatic hydroxyl groups excluding tert-OH is 2. The van der Waals surface area contributed by atoms with Crippen molar-refractivity contribution in [3.63, 3.8) is 0 Å². The number of carbonyl (C=O) groups excluding carboxylic acids is 4. The van der Waals surface area contributed by atoms with Crippen LogP contribution in [-0.2, 0) is 19.2 Å². The fraction of sp³-hybridized carbons (Fsp3) is 0.250. The van der Waals surface area contributed by atoms with E-state index in [9.17, 15) is 29.4 Å². The Hall–Kier alpha value is -4.34. The average molecular weight is 471 g/mol. The van der Waals surface area contributed by atoms with Gasteiger partial charge in [-0.05, 0) is 50.3 Å². The van der Waals surface area contributed by atoms with E-state index in [1.807, 2.05) is 0 Å². The molecule has 2 amide bonds. The molecule has 10 heteroatoms. The second-order valence-electron chi connectivity index (χ2n) is 7.68. The van der Waals surface area contributed by atoms with Gasteiger partial charge in [0.1, 0.15) is 22.7 Å². The number of allylic oxidation sites excluding steroid dienone is 2. The van der Waals surface area contributed by atoms with E-state index >= 15 is 0 Å². The van der Waals surface area contributed by atoms with E-state index < -0.39 is 46.0 Å². The molecule has 0 aromatic heterocycles. The Morgan fingerprint density at radius 1 is 0.676 bits per heavy atom. The zero-order valence-electron chi connectivity index (χ0n) is 20.0. The minimum Gasteiger partial charge on any atom is -0.507 e. The highest BCUT2D eigenvalue weighted by atomic mass is 16.3. The quantitative estimate of drug-likeness (QED) is 0.134. The highest BCUT2D eigenvalue weighted by Gasteiger charge is 2.21. The first-order chi connectivity index (χ1) is 15.8. The Labute approximate surface area is 198 Å². The van der Waals surface area contributed by atoms with Crippen molar-refractivity contribution in [2.75, 3.05) is 38.8 Å². The van der Waals surface area contributed by atoms with Gasteiger partial charge in [0.15, 0.2) is 11.6 Å². The lowest BCUT2D eigenvalue weighted by Crippen LogP contribution is -2.21. The molecule has 0 saturated heterocycles. The average Bonchev–Trinajstić information content (AvgIpc) is 2.71. The van der Waals surface area contributed by atoms with E-state index in [1.165, 1.54) is 48.8 Å². The number of amides is 2. The molecule has 0 radical (unpaired) electrons. The number of Topliss-reactive ketones (excluding diaryl/α,β-unsaturated/α-hetero) is 2. The predicted octanol–water partition coefficient (Wildman–Crippen LogP) is 2.52. The number of ketones is 2. The van der Waals surface area contributed by atoms with Gasteiger partial charge in [-0.25, -0.2) is 0 Å². The van der Waals surface area contributed by atoms with Crippen LogP contribution in [0.3, 0.4) is 0 Å². The minimum atomic E-state index is -0.801. The maximum absolute atomic E-state index is 12.5. The molecule has 1 aromatic rings. The molecular weight excluding hydrogens is 440 g/mol. The Kier molecular flexibility index (Phi) is 10.3. The second kappa shape index (κ2) is 12.6. The Bertz CT molecular complexity index is 978. The third-order valence-electron chi connectivity index (χ3n) is 4.13. The minimum absolute atomic E-state index is 0.297. The molecule has 0 bridgehead atoms. The first-order valence-corrected chi connectivity index (χ1v) is 10.1. The highest BCUT2D eigenvalue weighted by molar-refractivity contribution is 6.24. The summed E-state index contributed by atoms with van der Waals surface area (Å²) in [6, 6.07) is 5.84. The van der Waals surface area contributed by atoms with Crippen molar-refractivity contribution >= 4 is 34.8 Å². The standard InChI is InChI=1S/C24H30N4O6/c1-15(29)21(19(31)11-13-27(3)4)23(33)25-17-7-9-18(10-8-17)26-24(34)22(16(2)30)20(32)12-14-28(5)6/h7-14,31-32H,1-6H3,(H,25,33)(H,26,34)/b13-11+,14-12+,21-19-,22-20+. The van der Waals surface area contributed by atoms with Crippen LogP contribution < -0.4 is 10.6 Å². The lowest BCUT2D eigenvalue weighted by atomic mass is 10.1. The molecule has 1 rings (SSSR count). The van der Waals surface area contributed by atoms with Crippen molar-refractivity contribution in [2.45, 2.75) is 13.8 Å². The summed E-state index contributed by atoms with van der Waals surface area (Å²) in [5.74, 6) is -3.79. The SMILES string of the molecule is CC(=O)/C(C(=O)Nc1ccc(NC(=O)/C(C(C)=O)=C(O)\C=C\N(C)C)cc1)=C(O)\C=C\N(C)C. The number of rotatable bonds is 10. The largest absolute Gasteiger partial charge is 0.507 e. The number of aliphatic hydroxyl groups is 2. The fourth-order valence-corrected chi connectivity index (χ4v) is 2.54. The summed E-state index contributed by atoms with van der Waals surface area (Å²) in [5, 5.41) is 25.2. The van der Waals surface area contributed by atoms with E-state index in [1.54, 1.807) is 38.0 Å². The Morgan fingerprint density at radius 3 is 1.21 bits per heavy atom. The molecule has 10 nitrogen and oxygen atoms in total. The summed E-state index contributed by atoms with van der Waals surface area (Å²) in [4.78, 5) is 52.0. The van der Waals surface area contributed by atoms with Crippen molar-refractivity contribution in [3.8, 4) is 0 Å². The number of hydrogen-bond acceptors (Lipinski definition) is 8. The smallest absolute Gasteiger partial charge is 0.263 e.